The maximum atomic E-state index is 12.3. The van der Waals surface area contributed by atoms with Gasteiger partial charge in [0.2, 0.25) is 0 Å². The second-order valence-corrected chi connectivity index (χ2v) is 4.88. The van der Waals surface area contributed by atoms with Gasteiger partial charge in [0.05, 0.1) is 10.6 Å². The van der Waals surface area contributed by atoms with Crippen molar-refractivity contribution in [2.45, 2.75) is 13.3 Å². The molecular formula is C15H16ClN3O. The van der Waals surface area contributed by atoms with Crippen LogP contribution in [0.25, 0.3) is 0 Å². The predicted octanol–water partition coefficient (Wildman–Crippen LogP) is 3.16. The van der Waals surface area contributed by atoms with Gasteiger partial charge in [-0.15, -0.1) is 0 Å². The lowest BCUT2D eigenvalue weighted by Crippen LogP contribution is -2.26. The molecule has 0 saturated carbocycles. The van der Waals surface area contributed by atoms with E-state index >= 15 is 0 Å². The van der Waals surface area contributed by atoms with Crippen LogP contribution in [0.15, 0.2) is 36.5 Å². The van der Waals surface area contributed by atoms with Gasteiger partial charge in [0, 0.05) is 18.9 Å². The average Bonchev–Trinajstić information content (AvgIpc) is 2.48. The molecule has 20 heavy (non-hydrogen) atoms. The van der Waals surface area contributed by atoms with E-state index in [1.54, 1.807) is 11.9 Å². The Morgan fingerprint density at radius 1 is 1.35 bits per heavy atom. The predicted molar refractivity (Wildman–Crippen MR) is 82.2 cm³/mol. The number of nitrogens with two attached hydrogens (primary N) is 1. The topological polar surface area (TPSA) is 59.2 Å². The van der Waals surface area contributed by atoms with E-state index in [-0.39, 0.29) is 16.7 Å². The molecule has 0 saturated heterocycles. The van der Waals surface area contributed by atoms with Gasteiger partial charge in [-0.1, -0.05) is 30.7 Å². The Bertz CT molecular complexity index is 626. The number of anilines is 2. The SMILES string of the molecule is CCc1ccc(N(C)C(=O)c2cnc(N)c(Cl)c2)cc1. The Kier molecular flexibility index (Phi) is 4.25. The summed E-state index contributed by atoms with van der Waals surface area (Å²) in [5.41, 5.74) is 8.00. The molecule has 0 unspecified atom stereocenters. The maximum absolute atomic E-state index is 12.3. The largest absolute Gasteiger partial charge is 0.382 e. The summed E-state index contributed by atoms with van der Waals surface area (Å²) in [6, 6.07) is 9.38. The number of amides is 1. The molecule has 1 amide bonds. The fourth-order valence-corrected chi connectivity index (χ4v) is 2.00. The van der Waals surface area contributed by atoms with Crippen LogP contribution in [0.5, 0.6) is 0 Å². The molecule has 4 nitrogen and oxygen atoms in total. The summed E-state index contributed by atoms with van der Waals surface area (Å²) in [5.74, 6) is 0.0433. The second-order valence-electron chi connectivity index (χ2n) is 4.48. The van der Waals surface area contributed by atoms with E-state index in [0.717, 1.165) is 12.1 Å². The third kappa shape index (κ3) is 2.91. The van der Waals surface area contributed by atoms with Crippen LogP contribution in [0.4, 0.5) is 11.5 Å². The van der Waals surface area contributed by atoms with Gasteiger partial charge in [0.15, 0.2) is 0 Å². The Labute approximate surface area is 123 Å². The lowest BCUT2D eigenvalue weighted by Gasteiger charge is -2.17. The number of nitrogens with zero attached hydrogens (tertiary/aromatic N) is 2. The average molecular weight is 290 g/mol. The Morgan fingerprint density at radius 2 is 2.00 bits per heavy atom. The van der Waals surface area contributed by atoms with Crippen molar-refractivity contribution in [3.05, 3.63) is 52.7 Å². The fourth-order valence-electron chi connectivity index (χ4n) is 1.83. The monoisotopic (exact) mass is 289 g/mol. The minimum absolute atomic E-state index is 0.177. The summed E-state index contributed by atoms with van der Waals surface area (Å²) < 4.78 is 0. The number of halogens is 1. The zero-order valence-corrected chi connectivity index (χ0v) is 12.2. The van der Waals surface area contributed by atoms with Gasteiger partial charge in [-0.25, -0.2) is 4.98 Å². The van der Waals surface area contributed by atoms with Crippen LogP contribution in [-0.4, -0.2) is 17.9 Å². The number of hydrogen-bond acceptors (Lipinski definition) is 3. The zero-order chi connectivity index (χ0) is 14.7. The Morgan fingerprint density at radius 3 is 2.55 bits per heavy atom. The molecule has 2 aromatic rings. The third-order valence-corrected chi connectivity index (χ3v) is 3.46. The number of aromatic nitrogens is 1. The molecule has 0 aliphatic heterocycles. The molecule has 0 radical (unpaired) electrons. The van der Waals surface area contributed by atoms with Crippen LogP contribution >= 0.6 is 11.6 Å². The minimum Gasteiger partial charge on any atom is -0.382 e. The van der Waals surface area contributed by atoms with Crippen LogP contribution in [0.2, 0.25) is 5.02 Å². The summed E-state index contributed by atoms with van der Waals surface area (Å²) >= 11 is 5.89. The fraction of sp³-hybridized carbons (Fsp3) is 0.200. The van der Waals surface area contributed by atoms with E-state index in [9.17, 15) is 4.79 Å². The second kappa shape index (κ2) is 5.92. The van der Waals surface area contributed by atoms with Crippen molar-refractivity contribution in [2.24, 2.45) is 0 Å². The van der Waals surface area contributed by atoms with Crippen molar-refractivity contribution in [3.63, 3.8) is 0 Å². The zero-order valence-electron chi connectivity index (χ0n) is 11.4. The molecule has 2 rings (SSSR count). The molecule has 1 heterocycles. The van der Waals surface area contributed by atoms with Gasteiger partial charge in [-0.3, -0.25) is 4.79 Å². The van der Waals surface area contributed by atoms with Crippen LogP contribution < -0.4 is 10.6 Å². The number of pyridine rings is 1. The molecule has 0 atom stereocenters. The molecule has 0 bridgehead atoms. The first-order chi connectivity index (χ1) is 9.52. The summed E-state index contributed by atoms with van der Waals surface area (Å²) in [5, 5.41) is 0.283. The van der Waals surface area contributed by atoms with E-state index in [4.69, 9.17) is 17.3 Å². The molecule has 2 N–H and O–H groups in total. The standard InChI is InChI=1S/C15H16ClN3O/c1-3-10-4-6-12(7-5-10)19(2)15(20)11-8-13(16)14(17)18-9-11/h4-9H,3H2,1-2H3,(H2,17,18). The van der Waals surface area contributed by atoms with Gasteiger partial charge in [-0.05, 0) is 30.2 Å². The summed E-state index contributed by atoms with van der Waals surface area (Å²) in [4.78, 5) is 17.8. The normalized spacial score (nSPS) is 10.3. The van der Waals surface area contributed by atoms with Gasteiger partial charge in [-0.2, -0.15) is 0 Å². The van der Waals surface area contributed by atoms with E-state index in [2.05, 4.69) is 11.9 Å². The van der Waals surface area contributed by atoms with E-state index in [1.165, 1.54) is 17.8 Å². The number of rotatable bonds is 3. The Balaban J connectivity index is 2.24. The summed E-state index contributed by atoms with van der Waals surface area (Å²) in [7, 11) is 1.72. The highest BCUT2D eigenvalue weighted by atomic mass is 35.5. The quantitative estimate of drug-likeness (QED) is 0.944. The highest BCUT2D eigenvalue weighted by Gasteiger charge is 2.15. The minimum atomic E-state index is -0.177. The van der Waals surface area contributed by atoms with Gasteiger partial charge in [0.1, 0.15) is 5.82 Å². The number of hydrogen-bond donors (Lipinski definition) is 1. The van der Waals surface area contributed by atoms with Gasteiger partial charge < -0.3 is 10.6 Å². The lowest BCUT2D eigenvalue weighted by atomic mass is 10.1. The van der Waals surface area contributed by atoms with E-state index in [0.29, 0.717) is 5.56 Å². The van der Waals surface area contributed by atoms with Crippen LogP contribution in [0.3, 0.4) is 0 Å². The highest BCUT2D eigenvalue weighted by molar-refractivity contribution is 6.33. The van der Waals surface area contributed by atoms with Crippen molar-refractivity contribution >= 4 is 29.0 Å². The molecule has 0 fully saturated rings. The number of nitrogen functional groups attached to an aromatic ring is 1. The van der Waals surface area contributed by atoms with Crippen molar-refractivity contribution in [3.8, 4) is 0 Å². The third-order valence-electron chi connectivity index (χ3n) is 3.15. The highest BCUT2D eigenvalue weighted by Crippen LogP contribution is 2.20. The molecule has 5 heteroatoms. The number of aryl methyl sites for hydroxylation is 1. The van der Waals surface area contributed by atoms with Crippen LogP contribution in [-0.2, 0) is 6.42 Å². The van der Waals surface area contributed by atoms with Crippen molar-refractivity contribution in [1.82, 2.24) is 4.98 Å². The summed E-state index contributed by atoms with van der Waals surface area (Å²) in [6.45, 7) is 2.09. The van der Waals surface area contributed by atoms with Crippen molar-refractivity contribution in [2.75, 3.05) is 17.7 Å². The molecule has 1 aromatic carbocycles. The van der Waals surface area contributed by atoms with E-state index < -0.39 is 0 Å². The van der Waals surface area contributed by atoms with E-state index in [1.807, 2.05) is 24.3 Å². The van der Waals surface area contributed by atoms with Crippen LogP contribution in [0.1, 0.15) is 22.8 Å². The van der Waals surface area contributed by atoms with Gasteiger partial charge >= 0.3 is 0 Å². The molecular weight excluding hydrogens is 274 g/mol. The lowest BCUT2D eigenvalue weighted by molar-refractivity contribution is 0.0992. The number of carbonyl (C=O) groups is 1. The van der Waals surface area contributed by atoms with Crippen molar-refractivity contribution < 1.29 is 4.79 Å². The first-order valence-electron chi connectivity index (χ1n) is 6.31. The van der Waals surface area contributed by atoms with Gasteiger partial charge in [0.25, 0.3) is 5.91 Å². The maximum Gasteiger partial charge on any atom is 0.259 e. The Hall–Kier alpha value is -2.07. The molecule has 104 valence electrons. The molecule has 1 aromatic heterocycles. The summed E-state index contributed by atoms with van der Waals surface area (Å²) in [6.07, 6.45) is 2.40. The first kappa shape index (κ1) is 14.3. The number of carbonyl (C=O) groups excluding carboxylic acids is 1. The first-order valence-corrected chi connectivity index (χ1v) is 6.68. The molecule has 0 aliphatic rings. The van der Waals surface area contributed by atoms with Crippen LogP contribution in [0, 0.1) is 0 Å². The smallest absolute Gasteiger partial charge is 0.259 e. The van der Waals surface area contributed by atoms with Crippen molar-refractivity contribution in [1.29, 1.82) is 0 Å². The number of benzene rings is 1. The molecule has 0 aliphatic carbocycles. The molecule has 0 spiro atoms.